The number of hydrogen-bond acceptors (Lipinski definition) is 2. The van der Waals surface area contributed by atoms with Crippen LogP contribution in [-0.2, 0) is 0 Å². The Morgan fingerprint density at radius 2 is 1.46 bits per heavy atom. The third-order valence-corrected chi connectivity index (χ3v) is 5.51. The van der Waals surface area contributed by atoms with E-state index in [0.29, 0.717) is 5.92 Å². The summed E-state index contributed by atoms with van der Waals surface area (Å²) in [7, 11) is 1.71. The summed E-state index contributed by atoms with van der Waals surface area (Å²) in [4.78, 5) is 2.42. The van der Waals surface area contributed by atoms with Crippen LogP contribution in [0.1, 0.15) is 19.3 Å². The number of nitrogens with zero attached hydrogens (tertiary/aromatic N) is 1. The lowest BCUT2D eigenvalue weighted by molar-refractivity contribution is 0.415. The molecule has 2 nitrogen and oxygen atoms in total. The largest absolute Gasteiger partial charge is 0.497 e. The van der Waals surface area contributed by atoms with Gasteiger partial charge in [0.1, 0.15) is 5.75 Å². The molecule has 142 valence electrons. The molecule has 28 heavy (non-hydrogen) atoms. The summed E-state index contributed by atoms with van der Waals surface area (Å²) in [5.74, 6) is 1.59. The summed E-state index contributed by atoms with van der Waals surface area (Å²) in [6.45, 7) is 1.01. The van der Waals surface area contributed by atoms with Gasteiger partial charge >= 0.3 is 0 Å². The molecule has 4 rings (SSSR count). The van der Waals surface area contributed by atoms with Crippen LogP contribution in [0.3, 0.4) is 0 Å². The average Bonchev–Trinajstić information content (AvgIpc) is 3.29. The quantitative estimate of drug-likeness (QED) is 0.422. The lowest BCUT2D eigenvalue weighted by Crippen LogP contribution is -2.20. The van der Waals surface area contributed by atoms with Crippen molar-refractivity contribution < 1.29 is 4.74 Å². The van der Waals surface area contributed by atoms with Gasteiger partial charge in [0.05, 0.1) is 7.11 Å². The molecule has 2 heteroatoms. The van der Waals surface area contributed by atoms with Crippen molar-refractivity contribution >= 4 is 11.4 Å². The molecule has 0 saturated carbocycles. The van der Waals surface area contributed by atoms with Crippen LogP contribution in [0.25, 0.3) is 11.1 Å². The van der Waals surface area contributed by atoms with Crippen molar-refractivity contribution in [1.29, 1.82) is 0 Å². The minimum Gasteiger partial charge on any atom is -0.497 e. The van der Waals surface area contributed by atoms with E-state index in [2.05, 4.69) is 83.8 Å². The minimum absolute atomic E-state index is 0.698. The minimum atomic E-state index is 0.698. The molecule has 0 saturated heterocycles. The van der Waals surface area contributed by atoms with Crippen molar-refractivity contribution in [3.8, 4) is 16.9 Å². The van der Waals surface area contributed by atoms with Crippen LogP contribution < -0.4 is 9.64 Å². The number of anilines is 2. The highest BCUT2D eigenvalue weighted by atomic mass is 16.5. The molecule has 1 aliphatic rings. The van der Waals surface area contributed by atoms with Crippen LogP contribution in [0.5, 0.6) is 5.75 Å². The molecule has 0 bridgehead atoms. The van der Waals surface area contributed by atoms with E-state index in [9.17, 15) is 0 Å². The molecule has 3 aromatic carbocycles. The van der Waals surface area contributed by atoms with E-state index in [-0.39, 0.29) is 0 Å². The molecule has 0 spiro atoms. The van der Waals surface area contributed by atoms with Crippen LogP contribution in [0, 0.1) is 5.92 Å². The maximum absolute atomic E-state index is 5.33. The Hall–Kier alpha value is -3.00. The summed E-state index contributed by atoms with van der Waals surface area (Å²) >= 11 is 0. The predicted octanol–water partition coefficient (Wildman–Crippen LogP) is 6.86. The molecule has 1 atom stereocenters. The van der Waals surface area contributed by atoms with Crippen LogP contribution in [0.2, 0.25) is 0 Å². The number of methoxy groups -OCH3 is 1. The fourth-order valence-electron chi connectivity index (χ4n) is 3.86. The van der Waals surface area contributed by atoms with E-state index < -0.39 is 0 Å². The highest BCUT2D eigenvalue weighted by Gasteiger charge is 2.14. The van der Waals surface area contributed by atoms with E-state index in [1.165, 1.54) is 41.8 Å². The second-order valence-corrected chi connectivity index (χ2v) is 7.32. The zero-order chi connectivity index (χ0) is 19.2. The fraction of sp³-hybridized carbons (Fsp3) is 0.231. The van der Waals surface area contributed by atoms with E-state index in [1.54, 1.807) is 7.11 Å². The maximum Gasteiger partial charge on any atom is 0.119 e. The average molecular weight is 370 g/mol. The molecule has 0 aromatic heterocycles. The molecule has 1 aliphatic carbocycles. The van der Waals surface area contributed by atoms with Crippen molar-refractivity contribution in [2.75, 3.05) is 18.6 Å². The summed E-state index contributed by atoms with van der Waals surface area (Å²) in [5, 5.41) is 0. The van der Waals surface area contributed by atoms with Gasteiger partial charge in [-0.05, 0) is 72.7 Å². The Morgan fingerprint density at radius 1 is 0.821 bits per heavy atom. The van der Waals surface area contributed by atoms with Gasteiger partial charge in [0.25, 0.3) is 0 Å². The fourth-order valence-corrected chi connectivity index (χ4v) is 3.86. The van der Waals surface area contributed by atoms with E-state index in [0.717, 1.165) is 12.3 Å². The lowest BCUT2D eigenvalue weighted by atomic mass is 10.0. The first kappa shape index (κ1) is 18.4. The molecule has 1 unspecified atom stereocenters. The Bertz CT molecular complexity index is 897. The SMILES string of the molecule is COc1ccc(N(CCC2C=CCC2)c2ccc(-c3ccccc3)cc2)cc1. The first-order valence-electron chi connectivity index (χ1n) is 10.1. The smallest absolute Gasteiger partial charge is 0.119 e. The number of rotatable bonds is 7. The van der Waals surface area contributed by atoms with E-state index in [4.69, 9.17) is 4.74 Å². The number of ether oxygens (including phenoxy) is 1. The summed E-state index contributed by atoms with van der Waals surface area (Å²) in [6.07, 6.45) is 8.37. The molecule has 0 aliphatic heterocycles. The predicted molar refractivity (Wildman–Crippen MR) is 118 cm³/mol. The van der Waals surface area contributed by atoms with Crippen molar-refractivity contribution in [1.82, 2.24) is 0 Å². The monoisotopic (exact) mass is 369 g/mol. The Labute approximate surface area is 168 Å². The van der Waals surface area contributed by atoms with E-state index >= 15 is 0 Å². The first-order chi connectivity index (χ1) is 13.8. The standard InChI is InChI=1S/C26H27NO/c1-28-26-17-15-25(16-18-26)27(20-19-21-7-5-6-8-21)24-13-11-23(12-14-24)22-9-3-2-4-10-22/h2-5,7,9-18,21H,6,8,19-20H2,1H3. The molecular formula is C26H27NO. The highest BCUT2D eigenvalue weighted by molar-refractivity contribution is 5.70. The van der Waals surface area contributed by atoms with Crippen LogP contribution in [0.4, 0.5) is 11.4 Å². The molecule has 0 heterocycles. The second kappa shape index (κ2) is 8.79. The number of allylic oxidation sites excluding steroid dienone is 2. The number of hydrogen-bond donors (Lipinski definition) is 0. The van der Waals surface area contributed by atoms with Gasteiger partial charge in [0.15, 0.2) is 0 Å². The van der Waals surface area contributed by atoms with Crippen molar-refractivity contribution in [3.63, 3.8) is 0 Å². The molecule has 0 fully saturated rings. The summed E-state index contributed by atoms with van der Waals surface area (Å²) in [5.41, 5.74) is 4.93. The maximum atomic E-state index is 5.33. The molecule has 0 radical (unpaired) electrons. The van der Waals surface area contributed by atoms with Crippen LogP contribution >= 0.6 is 0 Å². The molecule has 0 N–H and O–H groups in total. The van der Waals surface area contributed by atoms with Gasteiger partial charge in [0.2, 0.25) is 0 Å². The van der Waals surface area contributed by atoms with Gasteiger partial charge in [-0.25, -0.2) is 0 Å². The molecular weight excluding hydrogens is 342 g/mol. The highest BCUT2D eigenvalue weighted by Crippen LogP contribution is 2.31. The third-order valence-electron chi connectivity index (χ3n) is 5.51. The van der Waals surface area contributed by atoms with Crippen molar-refractivity contribution in [3.05, 3.63) is 91.0 Å². The zero-order valence-electron chi connectivity index (χ0n) is 16.4. The second-order valence-electron chi connectivity index (χ2n) is 7.32. The van der Waals surface area contributed by atoms with Crippen molar-refractivity contribution in [2.24, 2.45) is 5.92 Å². The van der Waals surface area contributed by atoms with E-state index in [1.807, 2.05) is 12.1 Å². The summed E-state index contributed by atoms with van der Waals surface area (Å²) in [6, 6.07) is 27.8. The number of benzene rings is 3. The molecule has 3 aromatic rings. The topological polar surface area (TPSA) is 12.5 Å². The van der Waals surface area contributed by atoms with Crippen molar-refractivity contribution in [2.45, 2.75) is 19.3 Å². The molecule has 0 amide bonds. The Kier molecular flexibility index (Phi) is 5.77. The Morgan fingerprint density at radius 3 is 2.07 bits per heavy atom. The Balaban J connectivity index is 1.58. The van der Waals surface area contributed by atoms with Gasteiger partial charge in [0, 0.05) is 17.9 Å². The first-order valence-corrected chi connectivity index (χ1v) is 10.1. The summed E-state index contributed by atoms with van der Waals surface area (Å²) < 4.78 is 5.33. The van der Waals surface area contributed by atoms with Gasteiger partial charge in [-0.3, -0.25) is 0 Å². The van der Waals surface area contributed by atoms with Gasteiger partial charge in [-0.1, -0.05) is 54.6 Å². The van der Waals surface area contributed by atoms with Crippen LogP contribution in [0.15, 0.2) is 91.0 Å². The zero-order valence-corrected chi connectivity index (χ0v) is 16.4. The van der Waals surface area contributed by atoms with Crippen LogP contribution in [-0.4, -0.2) is 13.7 Å². The normalized spacial score (nSPS) is 15.5. The lowest BCUT2D eigenvalue weighted by Gasteiger charge is -2.26. The van der Waals surface area contributed by atoms with Gasteiger partial charge < -0.3 is 9.64 Å². The van der Waals surface area contributed by atoms with Gasteiger partial charge in [-0.15, -0.1) is 0 Å². The third kappa shape index (κ3) is 4.28. The van der Waals surface area contributed by atoms with Gasteiger partial charge in [-0.2, -0.15) is 0 Å².